The molecule has 6 heteroatoms. The van der Waals surface area contributed by atoms with Crippen LogP contribution in [0.5, 0.6) is 5.95 Å². The molecule has 2 aromatic carbocycles. The van der Waals surface area contributed by atoms with Crippen molar-refractivity contribution in [2.24, 2.45) is 0 Å². The van der Waals surface area contributed by atoms with Crippen molar-refractivity contribution in [2.75, 3.05) is 0 Å². The first-order valence-electron chi connectivity index (χ1n) is 6.76. The number of aromatic nitrogens is 2. The number of hydrogen-bond donors (Lipinski definition) is 0. The first-order valence-corrected chi connectivity index (χ1v) is 7.14. The summed E-state index contributed by atoms with van der Waals surface area (Å²) < 4.78 is 5.77. The van der Waals surface area contributed by atoms with E-state index >= 15 is 0 Å². The van der Waals surface area contributed by atoms with Crippen LogP contribution < -0.4 is 9.79 Å². The van der Waals surface area contributed by atoms with E-state index in [1.165, 1.54) is 17.0 Å². The second-order valence-corrected chi connectivity index (χ2v) is 5.20. The van der Waals surface area contributed by atoms with Gasteiger partial charge in [-0.25, -0.2) is 0 Å². The Morgan fingerprint density at radius 2 is 1.83 bits per heavy atom. The van der Waals surface area contributed by atoms with Crippen LogP contribution in [0, 0.1) is 0 Å². The van der Waals surface area contributed by atoms with Crippen molar-refractivity contribution in [3.8, 4) is 11.6 Å². The number of nitrogens with zero attached hydrogens (tertiary/aromatic N) is 2. The molecule has 5 nitrogen and oxygen atoms in total. The number of allylic oxidation sites excluding steroid dienone is 1. The quantitative estimate of drug-likeness (QED) is 0.420. The minimum Gasteiger partial charge on any atom is -0.539 e. The number of ketones is 1. The van der Waals surface area contributed by atoms with Crippen LogP contribution in [0.4, 0.5) is 0 Å². The van der Waals surface area contributed by atoms with Gasteiger partial charge in [-0.3, -0.25) is 4.79 Å². The third-order valence-corrected chi connectivity index (χ3v) is 3.41. The fourth-order valence-corrected chi connectivity index (χ4v) is 2.10. The topological polar surface area (TPSA) is 70.0 Å². The molecular weight excluding hydrogens is 316 g/mol. The molecule has 3 aromatic rings. The number of rotatable bonds is 4. The van der Waals surface area contributed by atoms with Crippen molar-refractivity contribution < 1.29 is 19.1 Å². The molecular formula is C17H11ClN2O3. The number of halogens is 1. The highest BCUT2D eigenvalue weighted by Crippen LogP contribution is 2.12. The van der Waals surface area contributed by atoms with E-state index in [1.54, 1.807) is 42.5 Å². The zero-order valence-electron chi connectivity index (χ0n) is 11.8. The van der Waals surface area contributed by atoms with Crippen LogP contribution in [0.2, 0.25) is 5.02 Å². The summed E-state index contributed by atoms with van der Waals surface area (Å²) in [7, 11) is 0. The minimum atomic E-state index is -0.531. The molecule has 0 aliphatic carbocycles. The SMILES string of the molecule is O=C(/C=C/c1ccc(Cl)cc1)c1ccc(-[n+]2cc([O-])on2)cc1. The molecule has 0 atom stereocenters. The number of hydrogen-bond acceptors (Lipinski definition) is 4. The fraction of sp³-hybridized carbons (Fsp3) is 0. The number of benzene rings is 2. The van der Waals surface area contributed by atoms with Crippen LogP contribution >= 0.6 is 11.6 Å². The molecule has 1 aromatic heterocycles. The van der Waals surface area contributed by atoms with Crippen molar-refractivity contribution in [1.29, 1.82) is 0 Å². The molecule has 0 bridgehead atoms. The minimum absolute atomic E-state index is 0.124. The summed E-state index contributed by atoms with van der Waals surface area (Å²) in [5.74, 6) is -0.655. The van der Waals surface area contributed by atoms with Gasteiger partial charge in [0.15, 0.2) is 5.78 Å². The Hall–Kier alpha value is -2.92. The van der Waals surface area contributed by atoms with Crippen LogP contribution in [-0.2, 0) is 0 Å². The maximum atomic E-state index is 12.1. The Balaban J connectivity index is 1.73. The normalized spacial score (nSPS) is 11.0. The highest BCUT2D eigenvalue weighted by molar-refractivity contribution is 6.30. The summed E-state index contributed by atoms with van der Waals surface area (Å²) in [5, 5.41) is 15.2. The highest BCUT2D eigenvalue weighted by atomic mass is 35.5. The van der Waals surface area contributed by atoms with Gasteiger partial charge in [0.05, 0.1) is 5.27 Å². The second kappa shape index (κ2) is 6.46. The second-order valence-electron chi connectivity index (χ2n) is 4.76. The molecule has 0 N–H and O–H groups in total. The Morgan fingerprint density at radius 3 is 2.43 bits per heavy atom. The van der Waals surface area contributed by atoms with Crippen molar-refractivity contribution in [2.45, 2.75) is 0 Å². The standard InChI is InChI=1S/C17H11ClN2O3/c18-14-6-1-12(2-7-14)3-10-16(21)13-4-8-15(9-5-13)20-11-17(22)23-19-20/h1-11H/b10-3+. The maximum Gasteiger partial charge on any atom is 0.239 e. The van der Waals surface area contributed by atoms with Crippen LogP contribution in [0.1, 0.15) is 15.9 Å². The molecule has 114 valence electrons. The predicted molar refractivity (Wildman–Crippen MR) is 82.3 cm³/mol. The van der Waals surface area contributed by atoms with E-state index in [2.05, 4.69) is 9.79 Å². The Bertz CT molecular complexity index is 852. The molecule has 0 aliphatic heterocycles. The number of carbonyl (C=O) groups is 1. The Kier molecular flexibility index (Phi) is 4.21. The lowest BCUT2D eigenvalue weighted by Crippen LogP contribution is -2.31. The van der Waals surface area contributed by atoms with E-state index < -0.39 is 5.95 Å². The molecule has 0 fully saturated rings. The molecule has 0 amide bonds. The van der Waals surface area contributed by atoms with Crippen molar-refractivity contribution in [3.05, 3.63) is 77.0 Å². The fourth-order valence-electron chi connectivity index (χ4n) is 1.97. The molecule has 0 spiro atoms. The first-order chi connectivity index (χ1) is 11.1. The van der Waals surface area contributed by atoms with E-state index in [9.17, 15) is 9.90 Å². The van der Waals surface area contributed by atoms with E-state index in [-0.39, 0.29) is 5.78 Å². The lowest BCUT2D eigenvalue weighted by atomic mass is 10.1. The molecule has 0 aliphatic rings. The van der Waals surface area contributed by atoms with Gasteiger partial charge in [-0.05, 0) is 40.6 Å². The Labute approximate surface area is 137 Å². The summed E-state index contributed by atoms with van der Waals surface area (Å²) in [6.07, 6.45) is 4.44. The third-order valence-electron chi connectivity index (χ3n) is 3.16. The summed E-state index contributed by atoms with van der Waals surface area (Å²) >= 11 is 5.81. The third kappa shape index (κ3) is 3.64. The smallest absolute Gasteiger partial charge is 0.239 e. The molecule has 1 heterocycles. The predicted octanol–water partition coefficient (Wildman–Crippen LogP) is 2.57. The van der Waals surface area contributed by atoms with Gasteiger partial charge in [-0.2, -0.15) is 0 Å². The summed E-state index contributed by atoms with van der Waals surface area (Å²) in [4.78, 5) is 12.1. The van der Waals surface area contributed by atoms with Crippen LogP contribution in [0.15, 0.2) is 65.3 Å². The van der Waals surface area contributed by atoms with E-state index in [0.29, 0.717) is 16.3 Å². The summed E-state index contributed by atoms with van der Waals surface area (Å²) in [5.41, 5.74) is 2.06. The van der Waals surface area contributed by atoms with Gasteiger partial charge in [-0.1, -0.05) is 29.8 Å². The van der Waals surface area contributed by atoms with Gasteiger partial charge in [0.1, 0.15) is 5.95 Å². The van der Waals surface area contributed by atoms with Gasteiger partial charge in [-0.15, -0.1) is 0 Å². The lowest BCUT2D eigenvalue weighted by molar-refractivity contribution is -0.670. The van der Waals surface area contributed by atoms with Gasteiger partial charge < -0.3 is 9.63 Å². The van der Waals surface area contributed by atoms with Crippen molar-refractivity contribution >= 4 is 23.5 Å². The van der Waals surface area contributed by atoms with Crippen molar-refractivity contribution in [3.63, 3.8) is 0 Å². The van der Waals surface area contributed by atoms with Crippen LogP contribution in [0.3, 0.4) is 0 Å². The maximum absolute atomic E-state index is 12.1. The Morgan fingerprint density at radius 1 is 1.13 bits per heavy atom. The molecule has 0 unspecified atom stereocenters. The van der Waals surface area contributed by atoms with E-state index in [0.717, 1.165) is 5.56 Å². The van der Waals surface area contributed by atoms with Crippen LogP contribution in [-0.4, -0.2) is 11.1 Å². The zero-order chi connectivity index (χ0) is 16.2. The van der Waals surface area contributed by atoms with Crippen molar-refractivity contribution in [1.82, 2.24) is 5.27 Å². The largest absolute Gasteiger partial charge is 0.539 e. The van der Waals surface area contributed by atoms with E-state index in [1.807, 2.05) is 12.1 Å². The average molecular weight is 327 g/mol. The zero-order valence-corrected chi connectivity index (χ0v) is 12.6. The highest BCUT2D eigenvalue weighted by Gasteiger charge is 2.10. The van der Waals surface area contributed by atoms with Gasteiger partial charge in [0.2, 0.25) is 11.9 Å². The molecule has 23 heavy (non-hydrogen) atoms. The van der Waals surface area contributed by atoms with Gasteiger partial charge in [0, 0.05) is 22.7 Å². The van der Waals surface area contributed by atoms with Gasteiger partial charge in [0.25, 0.3) is 0 Å². The average Bonchev–Trinajstić information content (AvgIpc) is 3.01. The number of carbonyl (C=O) groups excluding carboxylic acids is 1. The molecule has 3 rings (SSSR count). The first kappa shape index (κ1) is 15.0. The summed E-state index contributed by atoms with van der Waals surface area (Å²) in [6.45, 7) is 0. The molecule has 0 saturated heterocycles. The molecule has 0 saturated carbocycles. The summed E-state index contributed by atoms with van der Waals surface area (Å²) in [6, 6.07) is 13.9. The lowest BCUT2D eigenvalue weighted by Gasteiger charge is -1.96. The van der Waals surface area contributed by atoms with Crippen LogP contribution in [0.25, 0.3) is 11.8 Å². The van der Waals surface area contributed by atoms with Gasteiger partial charge >= 0.3 is 0 Å². The monoisotopic (exact) mass is 326 g/mol. The molecule has 0 radical (unpaired) electrons. The van der Waals surface area contributed by atoms with E-state index in [4.69, 9.17) is 11.6 Å².